The summed E-state index contributed by atoms with van der Waals surface area (Å²) in [6, 6.07) is 4.80. The molecule has 2 nitrogen and oxygen atoms in total. The summed E-state index contributed by atoms with van der Waals surface area (Å²) in [4.78, 5) is 7.10. The van der Waals surface area contributed by atoms with Gasteiger partial charge in [-0.2, -0.15) is 0 Å². The van der Waals surface area contributed by atoms with Gasteiger partial charge < -0.3 is 4.90 Å². The largest absolute Gasteiger partial charge is 0.348 e. The second-order valence-electron chi connectivity index (χ2n) is 7.11. The van der Waals surface area contributed by atoms with Crippen LogP contribution in [0, 0.1) is 5.41 Å². The van der Waals surface area contributed by atoms with E-state index in [9.17, 15) is 0 Å². The van der Waals surface area contributed by atoms with E-state index >= 15 is 0 Å². The number of hydrogen-bond acceptors (Lipinski definition) is 2. The van der Waals surface area contributed by atoms with E-state index in [2.05, 4.69) is 57.5 Å². The molecule has 94 valence electrons. The molecule has 1 aliphatic heterocycles. The highest BCUT2D eigenvalue weighted by molar-refractivity contribution is 5.56. The summed E-state index contributed by atoms with van der Waals surface area (Å²) in [6.45, 7) is 13.8. The molecule has 1 aromatic rings. The molecule has 2 rings (SSSR count). The van der Waals surface area contributed by atoms with Gasteiger partial charge in [-0.3, -0.25) is 0 Å². The van der Waals surface area contributed by atoms with Crippen molar-refractivity contribution in [2.75, 3.05) is 4.90 Å². The number of nitrogens with zero attached hydrogens (tertiary/aromatic N) is 2. The van der Waals surface area contributed by atoms with Gasteiger partial charge in [0.1, 0.15) is 5.82 Å². The minimum absolute atomic E-state index is 0.123. The third kappa shape index (κ3) is 2.18. The molecule has 0 aliphatic carbocycles. The zero-order valence-electron chi connectivity index (χ0n) is 11.9. The predicted molar refractivity (Wildman–Crippen MR) is 73.4 cm³/mol. The Hall–Kier alpha value is -1.05. The first-order valence-electron chi connectivity index (χ1n) is 6.44. The topological polar surface area (TPSA) is 16.1 Å². The Morgan fingerprint density at radius 1 is 1.18 bits per heavy atom. The summed E-state index contributed by atoms with van der Waals surface area (Å²) in [5, 5.41) is 0. The Kier molecular flexibility index (Phi) is 2.72. The molecule has 2 heteroatoms. The standard InChI is InChI=1S/C15H24N2/c1-14(2,3)12-10-11-8-7-9-16-13(11)17(12)15(4,5)6/h7-9,12H,10H2,1-6H3. The van der Waals surface area contributed by atoms with Gasteiger partial charge >= 0.3 is 0 Å². The Labute approximate surface area is 105 Å². The molecular formula is C15H24N2. The number of hydrogen-bond donors (Lipinski definition) is 0. The number of pyridine rings is 1. The fraction of sp³-hybridized carbons (Fsp3) is 0.667. The summed E-state index contributed by atoms with van der Waals surface area (Å²) >= 11 is 0. The van der Waals surface area contributed by atoms with Crippen molar-refractivity contribution in [2.24, 2.45) is 5.41 Å². The van der Waals surface area contributed by atoms with Crippen LogP contribution in [0.15, 0.2) is 18.3 Å². The van der Waals surface area contributed by atoms with Crippen molar-refractivity contribution >= 4 is 5.82 Å². The first kappa shape index (κ1) is 12.4. The molecule has 1 unspecified atom stereocenters. The zero-order chi connectivity index (χ0) is 12.8. The number of fused-ring (bicyclic) bond motifs is 1. The quantitative estimate of drug-likeness (QED) is 0.678. The number of aromatic nitrogens is 1. The lowest BCUT2D eigenvalue weighted by Crippen LogP contribution is -2.51. The molecular weight excluding hydrogens is 208 g/mol. The maximum atomic E-state index is 4.60. The van der Waals surface area contributed by atoms with Crippen LogP contribution in [0.5, 0.6) is 0 Å². The molecule has 2 heterocycles. The fourth-order valence-electron chi connectivity index (χ4n) is 2.73. The zero-order valence-corrected chi connectivity index (χ0v) is 11.9. The first-order valence-corrected chi connectivity index (χ1v) is 6.44. The van der Waals surface area contributed by atoms with E-state index < -0.39 is 0 Å². The van der Waals surface area contributed by atoms with Gasteiger partial charge in [0, 0.05) is 17.8 Å². The van der Waals surface area contributed by atoms with Gasteiger partial charge in [-0.1, -0.05) is 26.8 Å². The Balaban J connectivity index is 2.48. The van der Waals surface area contributed by atoms with Crippen LogP contribution in [0.4, 0.5) is 5.82 Å². The van der Waals surface area contributed by atoms with Crippen LogP contribution in [-0.4, -0.2) is 16.6 Å². The van der Waals surface area contributed by atoms with Crippen molar-refractivity contribution in [1.82, 2.24) is 4.98 Å². The maximum Gasteiger partial charge on any atom is 0.132 e. The molecule has 1 aromatic heterocycles. The molecule has 0 radical (unpaired) electrons. The van der Waals surface area contributed by atoms with Crippen LogP contribution < -0.4 is 4.90 Å². The van der Waals surface area contributed by atoms with Gasteiger partial charge in [0.2, 0.25) is 0 Å². The van der Waals surface area contributed by atoms with Crippen molar-refractivity contribution in [3.05, 3.63) is 23.9 Å². The maximum absolute atomic E-state index is 4.60. The van der Waals surface area contributed by atoms with Crippen LogP contribution in [0.2, 0.25) is 0 Å². The molecule has 0 N–H and O–H groups in total. The summed E-state index contributed by atoms with van der Waals surface area (Å²) in [6.07, 6.45) is 3.02. The third-order valence-corrected chi connectivity index (χ3v) is 3.54. The van der Waals surface area contributed by atoms with E-state index in [0.717, 1.165) is 6.42 Å². The molecule has 0 fully saturated rings. The molecule has 0 aromatic carbocycles. The predicted octanol–water partition coefficient (Wildman–Crippen LogP) is 3.66. The molecule has 0 saturated heterocycles. The summed E-state index contributed by atoms with van der Waals surface area (Å²) in [5.74, 6) is 1.18. The molecule has 0 spiro atoms. The van der Waals surface area contributed by atoms with E-state index in [-0.39, 0.29) is 11.0 Å². The normalized spacial score (nSPS) is 20.6. The van der Waals surface area contributed by atoms with Gasteiger partial charge in [0.25, 0.3) is 0 Å². The van der Waals surface area contributed by atoms with E-state index in [1.807, 2.05) is 12.3 Å². The van der Waals surface area contributed by atoms with Crippen molar-refractivity contribution < 1.29 is 0 Å². The van der Waals surface area contributed by atoms with Crippen LogP contribution >= 0.6 is 0 Å². The first-order chi connectivity index (χ1) is 7.71. The highest BCUT2D eigenvalue weighted by Gasteiger charge is 2.42. The highest BCUT2D eigenvalue weighted by Crippen LogP contribution is 2.42. The molecule has 17 heavy (non-hydrogen) atoms. The monoisotopic (exact) mass is 232 g/mol. The second kappa shape index (κ2) is 3.72. The number of anilines is 1. The van der Waals surface area contributed by atoms with Crippen molar-refractivity contribution in [3.8, 4) is 0 Å². The van der Waals surface area contributed by atoms with Gasteiger partial charge in [0.15, 0.2) is 0 Å². The van der Waals surface area contributed by atoms with Gasteiger partial charge in [-0.25, -0.2) is 4.98 Å². The van der Waals surface area contributed by atoms with E-state index in [0.29, 0.717) is 6.04 Å². The van der Waals surface area contributed by atoms with Gasteiger partial charge in [0.05, 0.1) is 0 Å². The van der Waals surface area contributed by atoms with Crippen molar-refractivity contribution in [1.29, 1.82) is 0 Å². The smallest absolute Gasteiger partial charge is 0.132 e. The van der Waals surface area contributed by atoms with Gasteiger partial charge in [-0.15, -0.1) is 0 Å². The Bertz CT molecular complexity index is 410. The highest BCUT2D eigenvalue weighted by atomic mass is 15.3. The fourth-order valence-corrected chi connectivity index (χ4v) is 2.73. The average molecular weight is 232 g/mol. The second-order valence-corrected chi connectivity index (χ2v) is 7.11. The third-order valence-electron chi connectivity index (χ3n) is 3.54. The van der Waals surface area contributed by atoms with Crippen molar-refractivity contribution in [2.45, 2.75) is 59.5 Å². The van der Waals surface area contributed by atoms with Crippen LogP contribution in [0.3, 0.4) is 0 Å². The van der Waals surface area contributed by atoms with Crippen LogP contribution in [-0.2, 0) is 6.42 Å². The SMILES string of the molecule is CC(C)(C)C1Cc2cccnc2N1C(C)(C)C. The summed E-state index contributed by atoms with van der Waals surface area (Å²) < 4.78 is 0. The summed E-state index contributed by atoms with van der Waals surface area (Å²) in [7, 11) is 0. The molecule has 0 amide bonds. The van der Waals surface area contributed by atoms with Crippen molar-refractivity contribution in [3.63, 3.8) is 0 Å². The van der Waals surface area contributed by atoms with Gasteiger partial charge in [-0.05, 0) is 44.2 Å². The lowest BCUT2D eigenvalue weighted by molar-refractivity contribution is 0.276. The minimum atomic E-state index is 0.123. The molecule has 1 atom stereocenters. The lowest BCUT2D eigenvalue weighted by atomic mass is 9.83. The van der Waals surface area contributed by atoms with Crippen LogP contribution in [0.1, 0.15) is 47.1 Å². The average Bonchev–Trinajstić information content (AvgIpc) is 2.54. The Morgan fingerprint density at radius 3 is 2.35 bits per heavy atom. The minimum Gasteiger partial charge on any atom is -0.348 e. The van der Waals surface area contributed by atoms with E-state index in [4.69, 9.17) is 0 Å². The molecule has 0 saturated carbocycles. The van der Waals surface area contributed by atoms with E-state index in [1.54, 1.807) is 0 Å². The van der Waals surface area contributed by atoms with Crippen LogP contribution in [0.25, 0.3) is 0 Å². The lowest BCUT2D eigenvalue weighted by Gasteiger charge is -2.44. The number of rotatable bonds is 0. The van der Waals surface area contributed by atoms with E-state index in [1.165, 1.54) is 11.4 Å². The summed E-state index contributed by atoms with van der Waals surface area (Å²) in [5.41, 5.74) is 1.79. The Morgan fingerprint density at radius 2 is 1.82 bits per heavy atom. The molecule has 1 aliphatic rings. The molecule has 0 bridgehead atoms.